The van der Waals surface area contributed by atoms with Gasteiger partial charge in [0.1, 0.15) is 5.82 Å². The van der Waals surface area contributed by atoms with Gasteiger partial charge in [-0.15, -0.1) is 24.8 Å². The van der Waals surface area contributed by atoms with Gasteiger partial charge in [-0.25, -0.2) is 4.98 Å². The van der Waals surface area contributed by atoms with E-state index in [1.54, 1.807) is 6.20 Å². The quantitative estimate of drug-likeness (QED) is 0.868. The highest BCUT2D eigenvalue weighted by atomic mass is 35.5. The van der Waals surface area contributed by atoms with E-state index in [9.17, 15) is 0 Å². The highest BCUT2D eigenvalue weighted by Crippen LogP contribution is 2.05. The molecule has 0 unspecified atom stereocenters. The van der Waals surface area contributed by atoms with Crippen LogP contribution in [0, 0.1) is 0 Å². The molecule has 14 heavy (non-hydrogen) atoms. The molecule has 2 N–H and O–H groups in total. The normalized spacial score (nSPS) is 8.43. The number of halogens is 2. The van der Waals surface area contributed by atoms with Gasteiger partial charge in [-0.05, 0) is 25.1 Å². The fraction of sp³-hybridized carbons (Fsp3) is 0.444. The molecule has 0 radical (unpaired) electrons. The van der Waals surface area contributed by atoms with E-state index in [1.165, 1.54) is 0 Å². The standard InChI is InChI=1S/C9H15N3.2ClH/c1-12(8-4-6-10)9-5-2-3-7-11-9;;/h2-3,5,7H,4,6,8,10H2,1H3;2*1H. The van der Waals surface area contributed by atoms with E-state index in [2.05, 4.69) is 9.88 Å². The number of nitrogens with zero attached hydrogens (tertiary/aromatic N) is 2. The smallest absolute Gasteiger partial charge is 0.128 e. The molecule has 0 aliphatic heterocycles. The predicted octanol–water partition coefficient (Wildman–Crippen LogP) is 1.71. The first-order valence-electron chi connectivity index (χ1n) is 4.17. The van der Waals surface area contributed by atoms with Crippen LogP contribution in [0.25, 0.3) is 0 Å². The molecule has 0 saturated carbocycles. The Labute approximate surface area is 97.5 Å². The van der Waals surface area contributed by atoms with Gasteiger partial charge >= 0.3 is 0 Å². The number of aromatic nitrogens is 1. The van der Waals surface area contributed by atoms with Crippen LogP contribution in [0.4, 0.5) is 5.82 Å². The molecule has 0 atom stereocenters. The van der Waals surface area contributed by atoms with Crippen LogP contribution < -0.4 is 10.6 Å². The largest absolute Gasteiger partial charge is 0.360 e. The highest BCUT2D eigenvalue weighted by Gasteiger charge is 1.98. The Morgan fingerprint density at radius 3 is 2.57 bits per heavy atom. The Kier molecular flexibility index (Phi) is 10.3. The molecule has 82 valence electrons. The maximum absolute atomic E-state index is 5.41. The van der Waals surface area contributed by atoms with Crippen molar-refractivity contribution in [3.8, 4) is 0 Å². The summed E-state index contributed by atoms with van der Waals surface area (Å²) in [5.41, 5.74) is 5.41. The van der Waals surface area contributed by atoms with Crippen molar-refractivity contribution in [3.05, 3.63) is 24.4 Å². The lowest BCUT2D eigenvalue weighted by molar-refractivity contribution is 0.787. The fourth-order valence-corrected chi connectivity index (χ4v) is 1.02. The molecule has 0 aliphatic carbocycles. The zero-order valence-electron chi connectivity index (χ0n) is 8.22. The summed E-state index contributed by atoms with van der Waals surface area (Å²) in [5, 5.41) is 0. The molecule has 0 bridgehead atoms. The van der Waals surface area contributed by atoms with Gasteiger partial charge in [-0.3, -0.25) is 0 Å². The van der Waals surface area contributed by atoms with Crippen molar-refractivity contribution in [2.45, 2.75) is 6.42 Å². The predicted molar refractivity (Wildman–Crippen MR) is 65.7 cm³/mol. The first-order chi connectivity index (χ1) is 5.84. The Balaban J connectivity index is 0. The van der Waals surface area contributed by atoms with Gasteiger partial charge in [0.15, 0.2) is 0 Å². The van der Waals surface area contributed by atoms with Crippen LogP contribution in [0.2, 0.25) is 0 Å². The zero-order chi connectivity index (χ0) is 8.81. The summed E-state index contributed by atoms with van der Waals surface area (Å²) in [6, 6.07) is 5.90. The molecule has 1 rings (SSSR count). The van der Waals surface area contributed by atoms with E-state index in [0.29, 0.717) is 0 Å². The first kappa shape index (κ1) is 15.9. The second kappa shape index (κ2) is 9.06. The second-order valence-electron chi connectivity index (χ2n) is 2.75. The molecular weight excluding hydrogens is 221 g/mol. The molecule has 0 spiro atoms. The molecule has 0 saturated heterocycles. The maximum atomic E-state index is 5.41. The lowest BCUT2D eigenvalue weighted by atomic mass is 10.4. The van der Waals surface area contributed by atoms with Crippen molar-refractivity contribution in [1.82, 2.24) is 4.98 Å². The van der Waals surface area contributed by atoms with Crippen molar-refractivity contribution >= 4 is 30.6 Å². The van der Waals surface area contributed by atoms with Gasteiger partial charge in [0.25, 0.3) is 0 Å². The lowest BCUT2D eigenvalue weighted by Gasteiger charge is -2.16. The molecular formula is C9H17Cl2N3. The summed E-state index contributed by atoms with van der Waals surface area (Å²) in [4.78, 5) is 6.32. The summed E-state index contributed by atoms with van der Waals surface area (Å²) in [5.74, 6) is 1.01. The van der Waals surface area contributed by atoms with Gasteiger partial charge in [0, 0.05) is 19.8 Å². The number of nitrogens with two attached hydrogens (primary N) is 1. The van der Waals surface area contributed by atoms with E-state index in [-0.39, 0.29) is 24.8 Å². The lowest BCUT2D eigenvalue weighted by Crippen LogP contribution is -2.21. The monoisotopic (exact) mass is 237 g/mol. The van der Waals surface area contributed by atoms with Crippen molar-refractivity contribution < 1.29 is 0 Å². The number of rotatable bonds is 4. The number of hydrogen-bond acceptors (Lipinski definition) is 3. The van der Waals surface area contributed by atoms with Crippen LogP contribution in [0.3, 0.4) is 0 Å². The summed E-state index contributed by atoms with van der Waals surface area (Å²) in [6.45, 7) is 1.70. The maximum Gasteiger partial charge on any atom is 0.128 e. The molecule has 0 fully saturated rings. The molecule has 0 aliphatic rings. The average molecular weight is 238 g/mol. The van der Waals surface area contributed by atoms with Crippen LogP contribution in [0.5, 0.6) is 0 Å². The minimum Gasteiger partial charge on any atom is -0.360 e. The molecule has 0 aromatic carbocycles. The van der Waals surface area contributed by atoms with Gasteiger partial charge in [0.2, 0.25) is 0 Å². The van der Waals surface area contributed by atoms with Crippen LogP contribution in [0.1, 0.15) is 6.42 Å². The van der Waals surface area contributed by atoms with E-state index in [4.69, 9.17) is 5.73 Å². The topological polar surface area (TPSA) is 42.1 Å². The Bertz CT molecular complexity index is 219. The molecule has 1 aromatic heterocycles. The Hall–Kier alpha value is -0.510. The third kappa shape index (κ3) is 5.27. The van der Waals surface area contributed by atoms with Gasteiger partial charge < -0.3 is 10.6 Å². The minimum absolute atomic E-state index is 0. The number of pyridine rings is 1. The third-order valence-corrected chi connectivity index (χ3v) is 1.74. The Morgan fingerprint density at radius 2 is 2.07 bits per heavy atom. The van der Waals surface area contributed by atoms with Crippen molar-refractivity contribution in [2.24, 2.45) is 5.73 Å². The first-order valence-corrected chi connectivity index (χ1v) is 4.17. The second-order valence-corrected chi connectivity index (χ2v) is 2.75. The van der Waals surface area contributed by atoms with E-state index >= 15 is 0 Å². The van der Waals surface area contributed by atoms with Crippen LogP contribution in [0.15, 0.2) is 24.4 Å². The van der Waals surface area contributed by atoms with Gasteiger partial charge in [0.05, 0.1) is 0 Å². The molecule has 1 aromatic rings. The molecule has 1 heterocycles. The van der Waals surface area contributed by atoms with Crippen LogP contribution >= 0.6 is 24.8 Å². The Morgan fingerprint density at radius 1 is 1.36 bits per heavy atom. The van der Waals surface area contributed by atoms with E-state index in [1.807, 2.05) is 25.2 Å². The highest BCUT2D eigenvalue weighted by molar-refractivity contribution is 5.85. The van der Waals surface area contributed by atoms with Gasteiger partial charge in [-0.1, -0.05) is 6.07 Å². The van der Waals surface area contributed by atoms with Crippen molar-refractivity contribution in [1.29, 1.82) is 0 Å². The van der Waals surface area contributed by atoms with Crippen molar-refractivity contribution in [2.75, 3.05) is 25.0 Å². The fourth-order valence-electron chi connectivity index (χ4n) is 1.02. The molecule has 5 heteroatoms. The van der Waals surface area contributed by atoms with Crippen LogP contribution in [-0.4, -0.2) is 25.1 Å². The average Bonchev–Trinajstić information content (AvgIpc) is 2.15. The van der Waals surface area contributed by atoms with Crippen LogP contribution in [-0.2, 0) is 0 Å². The molecule has 3 nitrogen and oxygen atoms in total. The van der Waals surface area contributed by atoms with Crippen molar-refractivity contribution in [3.63, 3.8) is 0 Å². The number of anilines is 1. The summed E-state index contributed by atoms with van der Waals surface area (Å²) in [7, 11) is 2.03. The number of hydrogen-bond donors (Lipinski definition) is 1. The summed E-state index contributed by atoms with van der Waals surface area (Å²) in [6.07, 6.45) is 2.81. The van der Waals surface area contributed by atoms with E-state index < -0.39 is 0 Å². The van der Waals surface area contributed by atoms with E-state index in [0.717, 1.165) is 25.3 Å². The minimum atomic E-state index is 0. The summed E-state index contributed by atoms with van der Waals surface area (Å²) < 4.78 is 0. The zero-order valence-corrected chi connectivity index (χ0v) is 9.85. The SMILES string of the molecule is CN(CCCN)c1ccccn1.Cl.Cl. The third-order valence-electron chi connectivity index (χ3n) is 1.74. The summed E-state index contributed by atoms with van der Waals surface area (Å²) >= 11 is 0. The van der Waals surface area contributed by atoms with Gasteiger partial charge in [-0.2, -0.15) is 0 Å². The molecule has 0 amide bonds.